The van der Waals surface area contributed by atoms with E-state index in [0.29, 0.717) is 25.0 Å². The lowest BCUT2D eigenvalue weighted by Crippen LogP contribution is -2.40. The molecule has 1 aliphatic heterocycles. The molecule has 2 N–H and O–H groups in total. The Kier molecular flexibility index (Phi) is 5.90. The zero-order valence-corrected chi connectivity index (χ0v) is 16.3. The van der Waals surface area contributed by atoms with Crippen molar-refractivity contribution in [3.8, 4) is 5.75 Å². The standard InChI is InChI=1S/C21H28N4O3/c1-2-19(26)23-15-6-8-16(9-7-15)24-21-22-12-14-4-3-5-18(20(14)25-21)28-17-10-11-27-13-17/h3-5,12,15-17H,2,6-11,13H2,1H3,(H,23,26)(H,22,24,25). The molecule has 2 aromatic rings. The number of rotatable bonds is 6. The summed E-state index contributed by atoms with van der Waals surface area (Å²) < 4.78 is 11.5. The highest BCUT2D eigenvalue weighted by molar-refractivity contribution is 5.84. The molecule has 1 unspecified atom stereocenters. The Labute approximate surface area is 165 Å². The molecule has 150 valence electrons. The molecule has 2 aliphatic rings. The van der Waals surface area contributed by atoms with Gasteiger partial charge in [0.05, 0.1) is 13.2 Å². The van der Waals surface area contributed by atoms with Gasteiger partial charge >= 0.3 is 0 Å². The molecular weight excluding hydrogens is 356 g/mol. The van der Waals surface area contributed by atoms with E-state index in [1.165, 1.54) is 0 Å². The summed E-state index contributed by atoms with van der Waals surface area (Å²) in [6.45, 7) is 3.26. The number of benzene rings is 1. The second-order valence-electron chi connectivity index (χ2n) is 7.60. The van der Waals surface area contributed by atoms with Gasteiger partial charge in [0.15, 0.2) is 0 Å². The second kappa shape index (κ2) is 8.73. The normalized spacial score (nSPS) is 24.8. The van der Waals surface area contributed by atoms with E-state index in [1.54, 1.807) is 0 Å². The van der Waals surface area contributed by atoms with Crippen LogP contribution in [0.2, 0.25) is 0 Å². The summed E-state index contributed by atoms with van der Waals surface area (Å²) in [5.74, 6) is 1.55. The Bertz CT molecular complexity index is 814. The van der Waals surface area contributed by atoms with Crippen LogP contribution >= 0.6 is 0 Å². The average molecular weight is 384 g/mol. The molecule has 0 bridgehead atoms. The molecule has 0 radical (unpaired) electrons. The number of amides is 1. The molecule has 1 saturated carbocycles. The number of carbonyl (C=O) groups is 1. The molecule has 1 aliphatic carbocycles. The SMILES string of the molecule is CCC(=O)NC1CCC(Nc2ncc3cccc(OC4CCOC4)c3n2)CC1. The minimum Gasteiger partial charge on any atom is -0.486 e. The van der Waals surface area contributed by atoms with Gasteiger partial charge in [0.1, 0.15) is 17.4 Å². The van der Waals surface area contributed by atoms with Gasteiger partial charge in [0, 0.05) is 36.5 Å². The number of anilines is 1. The Morgan fingerprint density at radius 3 is 2.79 bits per heavy atom. The Morgan fingerprint density at radius 1 is 1.21 bits per heavy atom. The highest BCUT2D eigenvalue weighted by atomic mass is 16.5. The van der Waals surface area contributed by atoms with Gasteiger partial charge in [-0.25, -0.2) is 9.97 Å². The Hall–Kier alpha value is -2.41. The van der Waals surface area contributed by atoms with E-state index in [2.05, 4.69) is 15.6 Å². The van der Waals surface area contributed by atoms with E-state index in [0.717, 1.165) is 55.4 Å². The maximum Gasteiger partial charge on any atom is 0.223 e. The van der Waals surface area contributed by atoms with Gasteiger partial charge in [-0.3, -0.25) is 4.79 Å². The predicted octanol–water partition coefficient (Wildman–Crippen LogP) is 3.05. The summed E-state index contributed by atoms with van der Waals surface area (Å²) in [4.78, 5) is 20.8. The van der Waals surface area contributed by atoms with Crippen LogP contribution in [-0.4, -0.2) is 47.3 Å². The van der Waals surface area contributed by atoms with Crippen molar-refractivity contribution in [1.82, 2.24) is 15.3 Å². The lowest BCUT2D eigenvalue weighted by Gasteiger charge is -2.29. The second-order valence-corrected chi connectivity index (χ2v) is 7.60. The molecule has 28 heavy (non-hydrogen) atoms. The van der Waals surface area contributed by atoms with Crippen LogP contribution in [0.25, 0.3) is 10.9 Å². The third kappa shape index (κ3) is 4.52. The van der Waals surface area contributed by atoms with E-state index < -0.39 is 0 Å². The summed E-state index contributed by atoms with van der Waals surface area (Å²) in [5, 5.41) is 7.53. The zero-order chi connectivity index (χ0) is 19.3. The largest absolute Gasteiger partial charge is 0.486 e. The minimum absolute atomic E-state index is 0.0885. The number of para-hydroxylation sites is 1. The lowest BCUT2D eigenvalue weighted by molar-refractivity contribution is -0.121. The topological polar surface area (TPSA) is 85.4 Å². The van der Waals surface area contributed by atoms with E-state index in [9.17, 15) is 4.79 Å². The Balaban J connectivity index is 1.41. The number of hydrogen-bond donors (Lipinski definition) is 2. The number of hydrogen-bond acceptors (Lipinski definition) is 6. The molecular formula is C21H28N4O3. The van der Waals surface area contributed by atoms with Crippen molar-refractivity contribution in [2.24, 2.45) is 0 Å². The van der Waals surface area contributed by atoms with Crippen molar-refractivity contribution >= 4 is 22.8 Å². The highest BCUT2D eigenvalue weighted by Gasteiger charge is 2.23. The molecule has 1 amide bonds. The minimum atomic E-state index is 0.0885. The van der Waals surface area contributed by atoms with Gasteiger partial charge < -0.3 is 20.1 Å². The number of aromatic nitrogens is 2. The molecule has 0 spiro atoms. The van der Waals surface area contributed by atoms with Gasteiger partial charge in [0.25, 0.3) is 0 Å². The summed E-state index contributed by atoms with van der Waals surface area (Å²) in [5.41, 5.74) is 0.829. The summed E-state index contributed by atoms with van der Waals surface area (Å²) in [7, 11) is 0. The molecule has 1 saturated heterocycles. The van der Waals surface area contributed by atoms with Crippen LogP contribution in [0, 0.1) is 0 Å². The number of nitrogens with one attached hydrogen (secondary N) is 2. The molecule has 1 aromatic carbocycles. The van der Waals surface area contributed by atoms with Crippen molar-refractivity contribution in [3.05, 3.63) is 24.4 Å². The fourth-order valence-electron chi connectivity index (χ4n) is 3.87. The molecule has 7 nitrogen and oxygen atoms in total. The van der Waals surface area contributed by atoms with Gasteiger partial charge in [-0.15, -0.1) is 0 Å². The Morgan fingerprint density at radius 2 is 2.04 bits per heavy atom. The summed E-state index contributed by atoms with van der Waals surface area (Å²) >= 11 is 0. The summed E-state index contributed by atoms with van der Waals surface area (Å²) in [6, 6.07) is 6.54. The van der Waals surface area contributed by atoms with Crippen molar-refractivity contribution in [2.45, 2.75) is 63.6 Å². The van der Waals surface area contributed by atoms with E-state index in [1.807, 2.05) is 31.3 Å². The van der Waals surface area contributed by atoms with Gasteiger partial charge in [-0.1, -0.05) is 19.1 Å². The van der Waals surface area contributed by atoms with Crippen LogP contribution in [-0.2, 0) is 9.53 Å². The summed E-state index contributed by atoms with van der Waals surface area (Å²) in [6.07, 6.45) is 7.33. The number of ether oxygens (including phenoxy) is 2. The third-order valence-electron chi connectivity index (χ3n) is 5.50. The fraction of sp³-hybridized carbons (Fsp3) is 0.571. The number of fused-ring (bicyclic) bond motifs is 1. The molecule has 1 atom stereocenters. The predicted molar refractivity (Wildman–Crippen MR) is 107 cm³/mol. The molecule has 2 fully saturated rings. The molecule has 4 rings (SSSR count). The first-order chi connectivity index (χ1) is 13.7. The van der Waals surface area contributed by atoms with Crippen molar-refractivity contribution in [3.63, 3.8) is 0 Å². The van der Waals surface area contributed by atoms with Crippen LogP contribution in [0.15, 0.2) is 24.4 Å². The first-order valence-electron chi connectivity index (χ1n) is 10.3. The maximum atomic E-state index is 11.6. The van der Waals surface area contributed by atoms with E-state index in [-0.39, 0.29) is 18.1 Å². The monoisotopic (exact) mass is 384 g/mol. The fourth-order valence-corrected chi connectivity index (χ4v) is 3.87. The molecule has 7 heteroatoms. The number of nitrogens with zero attached hydrogens (tertiary/aromatic N) is 2. The maximum absolute atomic E-state index is 11.6. The first-order valence-corrected chi connectivity index (χ1v) is 10.3. The zero-order valence-electron chi connectivity index (χ0n) is 16.3. The quantitative estimate of drug-likeness (QED) is 0.796. The van der Waals surface area contributed by atoms with Gasteiger partial charge in [-0.2, -0.15) is 0 Å². The van der Waals surface area contributed by atoms with E-state index in [4.69, 9.17) is 14.5 Å². The van der Waals surface area contributed by atoms with Crippen LogP contribution in [0.5, 0.6) is 5.75 Å². The van der Waals surface area contributed by atoms with E-state index >= 15 is 0 Å². The lowest BCUT2D eigenvalue weighted by atomic mass is 9.91. The average Bonchev–Trinajstić information content (AvgIpc) is 3.23. The van der Waals surface area contributed by atoms with Crippen LogP contribution in [0.4, 0.5) is 5.95 Å². The smallest absolute Gasteiger partial charge is 0.223 e. The van der Waals surface area contributed by atoms with Crippen LogP contribution < -0.4 is 15.4 Å². The molecule has 1 aromatic heterocycles. The van der Waals surface area contributed by atoms with Crippen LogP contribution in [0.3, 0.4) is 0 Å². The highest BCUT2D eigenvalue weighted by Crippen LogP contribution is 2.27. The third-order valence-corrected chi connectivity index (χ3v) is 5.50. The van der Waals surface area contributed by atoms with Crippen molar-refractivity contribution in [1.29, 1.82) is 0 Å². The number of carbonyl (C=O) groups excluding carboxylic acids is 1. The van der Waals surface area contributed by atoms with Gasteiger partial charge in [-0.05, 0) is 31.7 Å². The first kappa shape index (κ1) is 18.9. The van der Waals surface area contributed by atoms with Crippen molar-refractivity contribution in [2.75, 3.05) is 18.5 Å². The van der Waals surface area contributed by atoms with Crippen LogP contribution in [0.1, 0.15) is 45.4 Å². The van der Waals surface area contributed by atoms with Crippen molar-refractivity contribution < 1.29 is 14.3 Å². The molecule has 2 heterocycles. The van der Waals surface area contributed by atoms with Gasteiger partial charge in [0.2, 0.25) is 11.9 Å².